The molecule has 130 valence electrons. The predicted octanol–water partition coefficient (Wildman–Crippen LogP) is 1.71. The highest BCUT2D eigenvalue weighted by atomic mass is 16.6. The summed E-state index contributed by atoms with van der Waals surface area (Å²) in [4.78, 5) is 22.2. The third-order valence-corrected chi connectivity index (χ3v) is 3.22. The summed E-state index contributed by atoms with van der Waals surface area (Å²) >= 11 is 0. The maximum Gasteiger partial charge on any atom is 0.282 e. The van der Waals surface area contributed by atoms with Crippen molar-refractivity contribution < 1.29 is 24.7 Å². The van der Waals surface area contributed by atoms with Crippen molar-refractivity contribution in [3.63, 3.8) is 0 Å². The number of benzene rings is 2. The monoisotopic (exact) mass is 345 g/mol. The Balaban J connectivity index is 2.08. The number of carbonyl (C=O) groups excluding carboxylic acids is 1. The lowest BCUT2D eigenvalue weighted by molar-refractivity contribution is -0.385. The van der Waals surface area contributed by atoms with Crippen LogP contribution in [0.15, 0.2) is 41.5 Å². The number of hydrogen-bond donors (Lipinski definition) is 3. The lowest BCUT2D eigenvalue weighted by Crippen LogP contribution is -2.19. The number of hydrogen-bond acceptors (Lipinski definition) is 7. The van der Waals surface area contributed by atoms with Gasteiger partial charge in [0.25, 0.3) is 5.69 Å². The van der Waals surface area contributed by atoms with Gasteiger partial charge in [-0.15, -0.1) is 0 Å². The van der Waals surface area contributed by atoms with Crippen molar-refractivity contribution in [2.75, 3.05) is 7.11 Å². The first-order chi connectivity index (χ1) is 11.9. The summed E-state index contributed by atoms with van der Waals surface area (Å²) in [6, 6.07) is 8.27. The fourth-order valence-corrected chi connectivity index (χ4v) is 2.01. The van der Waals surface area contributed by atoms with E-state index in [0.717, 1.165) is 18.3 Å². The number of methoxy groups -OCH3 is 1. The number of rotatable bonds is 6. The maximum atomic E-state index is 11.8. The number of phenols is 2. The molecule has 0 aromatic heterocycles. The minimum atomic E-state index is -0.651. The Hall–Kier alpha value is -3.62. The molecule has 25 heavy (non-hydrogen) atoms. The van der Waals surface area contributed by atoms with Crippen molar-refractivity contribution in [2.45, 2.75) is 6.42 Å². The molecule has 0 spiro atoms. The molecule has 0 unspecified atom stereocenters. The number of nitro benzene ring substituents is 1. The molecule has 0 aliphatic heterocycles. The summed E-state index contributed by atoms with van der Waals surface area (Å²) in [7, 11) is 1.27. The lowest BCUT2D eigenvalue weighted by atomic mass is 10.1. The Bertz CT molecular complexity index is 817. The highest BCUT2D eigenvalue weighted by Crippen LogP contribution is 2.32. The van der Waals surface area contributed by atoms with Gasteiger partial charge in [0.1, 0.15) is 5.75 Å². The van der Waals surface area contributed by atoms with Gasteiger partial charge in [0.2, 0.25) is 5.91 Å². The summed E-state index contributed by atoms with van der Waals surface area (Å²) < 4.78 is 4.82. The molecule has 1 amide bonds. The molecule has 0 bridgehead atoms. The van der Waals surface area contributed by atoms with E-state index in [0.29, 0.717) is 5.56 Å². The number of hydrazone groups is 1. The van der Waals surface area contributed by atoms with Gasteiger partial charge in [-0.1, -0.05) is 12.1 Å². The SMILES string of the molecule is COc1cc([N+](=O)[O-])c(/C=N\NC(=O)Cc2ccc(O)cc2)cc1O. The van der Waals surface area contributed by atoms with Gasteiger partial charge < -0.3 is 14.9 Å². The van der Waals surface area contributed by atoms with E-state index in [1.807, 2.05) is 0 Å². The average molecular weight is 345 g/mol. The van der Waals surface area contributed by atoms with Crippen LogP contribution in [-0.2, 0) is 11.2 Å². The number of nitrogens with one attached hydrogen (secondary N) is 1. The van der Waals surface area contributed by atoms with Crippen LogP contribution in [0.25, 0.3) is 0 Å². The molecule has 0 saturated carbocycles. The molecule has 0 heterocycles. The highest BCUT2D eigenvalue weighted by Gasteiger charge is 2.17. The van der Waals surface area contributed by atoms with Gasteiger partial charge in [0.15, 0.2) is 11.5 Å². The van der Waals surface area contributed by atoms with Crippen molar-refractivity contribution >= 4 is 17.8 Å². The second kappa shape index (κ2) is 7.77. The van der Waals surface area contributed by atoms with Crippen LogP contribution in [0, 0.1) is 10.1 Å². The van der Waals surface area contributed by atoms with Crippen LogP contribution in [-0.4, -0.2) is 34.4 Å². The first kappa shape index (κ1) is 17.7. The molecule has 9 heteroatoms. The fourth-order valence-electron chi connectivity index (χ4n) is 2.01. The average Bonchev–Trinajstić information content (AvgIpc) is 2.57. The molecule has 0 saturated heterocycles. The third kappa shape index (κ3) is 4.67. The van der Waals surface area contributed by atoms with Crippen molar-refractivity contribution in [3.8, 4) is 17.2 Å². The normalized spacial score (nSPS) is 10.6. The Morgan fingerprint density at radius 3 is 2.60 bits per heavy atom. The van der Waals surface area contributed by atoms with E-state index < -0.39 is 10.8 Å². The Morgan fingerprint density at radius 2 is 2.00 bits per heavy atom. The van der Waals surface area contributed by atoms with Gasteiger partial charge in [0.05, 0.1) is 36.3 Å². The van der Waals surface area contributed by atoms with Crippen molar-refractivity contribution in [3.05, 3.63) is 57.6 Å². The third-order valence-electron chi connectivity index (χ3n) is 3.22. The lowest BCUT2D eigenvalue weighted by Gasteiger charge is -2.05. The van der Waals surface area contributed by atoms with Crippen LogP contribution >= 0.6 is 0 Å². The molecular formula is C16H15N3O6. The van der Waals surface area contributed by atoms with Gasteiger partial charge in [-0.2, -0.15) is 5.10 Å². The molecule has 2 rings (SSSR count). The smallest absolute Gasteiger partial charge is 0.282 e. The molecule has 0 fully saturated rings. The molecule has 2 aromatic rings. The minimum Gasteiger partial charge on any atom is -0.508 e. The molecule has 2 aromatic carbocycles. The maximum absolute atomic E-state index is 11.8. The quantitative estimate of drug-likeness (QED) is 0.414. The molecular weight excluding hydrogens is 330 g/mol. The number of carbonyl (C=O) groups is 1. The summed E-state index contributed by atoms with van der Waals surface area (Å²) in [6.45, 7) is 0. The van der Waals surface area contributed by atoms with E-state index in [4.69, 9.17) is 4.74 Å². The first-order valence-corrected chi connectivity index (χ1v) is 7.06. The van der Waals surface area contributed by atoms with E-state index in [9.17, 15) is 25.1 Å². The zero-order valence-corrected chi connectivity index (χ0v) is 13.2. The number of aromatic hydroxyl groups is 2. The van der Waals surface area contributed by atoms with E-state index >= 15 is 0 Å². The number of nitrogens with zero attached hydrogens (tertiary/aromatic N) is 2. The standard InChI is InChI=1S/C16H15N3O6/c1-25-15-8-13(19(23)24)11(7-14(15)21)9-17-18-16(22)6-10-2-4-12(20)5-3-10/h2-5,7-9,20-21H,6H2,1H3,(H,18,22)/b17-9-. The van der Waals surface area contributed by atoms with Crippen LogP contribution in [0.2, 0.25) is 0 Å². The zero-order chi connectivity index (χ0) is 18.4. The van der Waals surface area contributed by atoms with Gasteiger partial charge in [-0.05, 0) is 23.8 Å². The number of nitro groups is 1. The Labute approximate surface area is 142 Å². The van der Waals surface area contributed by atoms with Crippen LogP contribution in [0.3, 0.4) is 0 Å². The van der Waals surface area contributed by atoms with E-state index in [1.165, 1.54) is 19.2 Å². The second-order valence-electron chi connectivity index (χ2n) is 4.98. The molecule has 0 aliphatic rings. The van der Waals surface area contributed by atoms with Crippen molar-refractivity contribution in [1.29, 1.82) is 0 Å². The fraction of sp³-hybridized carbons (Fsp3) is 0.125. The molecule has 9 nitrogen and oxygen atoms in total. The van der Waals surface area contributed by atoms with Gasteiger partial charge >= 0.3 is 0 Å². The highest BCUT2D eigenvalue weighted by molar-refractivity contribution is 5.88. The molecule has 3 N–H and O–H groups in total. The van der Waals surface area contributed by atoms with E-state index in [2.05, 4.69) is 10.5 Å². The molecule has 0 radical (unpaired) electrons. The molecule has 0 atom stereocenters. The van der Waals surface area contributed by atoms with Crippen molar-refractivity contribution in [2.24, 2.45) is 5.10 Å². The van der Waals surface area contributed by atoms with Gasteiger partial charge in [-0.25, -0.2) is 5.43 Å². The number of ether oxygens (including phenoxy) is 1. The van der Waals surface area contributed by atoms with Crippen LogP contribution < -0.4 is 10.2 Å². The summed E-state index contributed by atoms with van der Waals surface area (Å²) in [5.74, 6) is -0.679. The number of amides is 1. The second-order valence-corrected chi connectivity index (χ2v) is 4.98. The van der Waals surface area contributed by atoms with Crippen LogP contribution in [0.4, 0.5) is 5.69 Å². The summed E-state index contributed by atoms with van der Waals surface area (Å²) in [5, 5.41) is 33.6. The molecule has 0 aliphatic carbocycles. The predicted molar refractivity (Wildman–Crippen MR) is 88.9 cm³/mol. The minimum absolute atomic E-state index is 0.00762. The van der Waals surface area contributed by atoms with Crippen molar-refractivity contribution in [1.82, 2.24) is 5.43 Å². The topological polar surface area (TPSA) is 134 Å². The Kier molecular flexibility index (Phi) is 5.51. The van der Waals surface area contributed by atoms with E-state index in [1.54, 1.807) is 12.1 Å². The van der Waals surface area contributed by atoms with Gasteiger partial charge in [-0.3, -0.25) is 14.9 Å². The number of phenolic OH excluding ortho intramolecular Hbond substituents is 2. The zero-order valence-electron chi connectivity index (χ0n) is 13.2. The first-order valence-electron chi connectivity index (χ1n) is 7.06. The Morgan fingerprint density at radius 1 is 1.32 bits per heavy atom. The largest absolute Gasteiger partial charge is 0.508 e. The van der Waals surface area contributed by atoms with Gasteiger partial charge in [0, 0.05) is 0 Å². The summed E-state index contributed by atoms with van der Waals surface area (Å²) in [6.07, 6.45) is 1.08. The van der Waals surface area contributed by atoms with E-state index in [-0.39, 0.29) is 34.9 Å². The summed E-state index contributed by atoms with van der Waals surface area (Å²) in [5.41, 5.74) is 2.59. The van der Waals surface area contributed by atoms with Crippen LogP contribution in [0.5, 0.6) is 17.2 Å². The van der Waals surface area contributed by atoms with Crippen LogP contribution in [0.1, 0.15) is 11.1 Å².